The number of nitrogens with zero attached hydrogens (tertiary/aromatic N) is 1. The maximum Gasteiger partial charge on any atom is 0.000708 e. The van der Waals surface area contributed by atoms with Gasteiger partial charge in [-0.1, -0.05) is 13.3 Å². The van der Waals surface area contributed by atoms with E-state index in [4.69, 9.17) is 0 Å². The molecule has 0 aliphatic carbocycles. The van der Waals surface area contributed by atoms with Crippen molar-refractivity contribution in [3.8, 4) is 0 Å². The summed E-state index contributed by atoms with van der Waals surface area (Å²) >= 11 is 0. The van der Waals surface area contributed by atoms with E-state index in [0.717, 1.165) is 5.92 Å². The largest absolute Gasteiger partial charge is 0.306 e. The van der Waals surface area contributed by atoms with Gasteiger partial charge in [0.25, 0.3) is 0 Å². The minimum absolute atomic E-state index is 1.01. The highest BCUT2D eigenvalue weighted by Gasteiger charge is 2.17. The molecule has 1 fully saturated rings. The third-order valence-electron chi connectivity index (χ3n) is 2.19. The summed E-state index contributed by atoms with van der Waals surface area (Å²) in [5, 5.41) is 0. The molecule has 1 unspecified atom stereocenters. The molecule has 9 heavy (non-hydrogen) atoms. The lowest BCUT2D eigenvalue weighted by molar-refractivity contribution is 0.387. The van der Waals surface area contributed by atoms with Gasteiger partial charge in [0, 0.05) is 6.54 Å². The highest BCUT2D eigenvalue weighted by molar-refractivity contribution is 4.71. The second kappa shape index (κ2) is 3.21. The molecule has 0 spiro atoms. The third-order valence-corrected chi connectivity index (χ3v) is 2.19. The fourth-order valence-corrected chi connectivity index (χ4v) is 1.67. The van der Waals surface area contributed by atoms with E-state index in [0.29, 0.717) is 0 Å². The zero-order valence-corrected chi connectivity index (χ0v) is 6.56. The SMILES string of the molecule is CCCC1CCN(C)C1. The molecule has 1 rings (SSSR count). The summed E-state index contributed by atoms with van der Waals surface area (Å²) in [5.74, 6) is 1.01. The van der Waals surface area contributed by atoms with Gasteiger partial charge in [0.2, 0.25) is 0 Å². The normalized spacial score (nSPS) is 29.3. The molecule has 0 aromatic heterocycles. The van der Waals surface area contributed by atoms with Crippen molar-refractivity contribution in [3.63, 3.8) is 0 Å². The van der Waals surface area contributed by atoms with Crippen LogP contribution in [-0.2, 0) is 0 Å². The summed E-state index contributed by atoms with van der Waals surface area (Å²) in [4.78, 5) is 2.43. The average molecular weight is 127 g/mol. The molecule has 1 heterocycles. The summed E-state index contributed by atoms with van der Waals surface area (Å²) in [7, 11) is 2.22. The van der Waals surface area contributed by atoms with Crippen LogP contribution in [0.2, 0.25) is 0 Å². The van der Waals surface area contributed by atoms with Crippen LogP contribution < -0.4 is 0 Å². The van der Waals surface area contributed by atoms with E-state index in [1.807, 2.05) is 0 Å². The molecule has 1 nitrogen and oxygen atoms in total. The van der Waals surface area contributed by atoms with Crippen LogP contribution in [0.3, 0.4) is 0 Å². The van der Waals surface area contributed by atoms with Gasteiger partial charge in [-0.15, -0.1) is 0 Å². The van der Waals surface area contributed by atoms with Gasteiger partial charge >= 0.3 is 0 Å². The van der Waals surface area contributed by atoms with Gasteiger partial charge < -0.3 is 4.90 Å². The molecule has 0 radical (unpaired) electrons. The minimum atomic E-state index is 1.01. The van der Waals surface area contributed by atoms with Crippen molar-refractivity contribution in [2.24, 2.45) is 5.92 Å². The molecule has 1 atom stereocenters. The lowest BCUT2D eigenvalue weighted by Gasteiger charge is -2.07. The Balaban J connectivity index is 2.14. The van der Waals surface area contributed by atoms with E-state index >= 15 is 0 Å². The third kappa shape index (κ3) is 1.98. The number of likely N-dealkylation sites (tertiary alicyclic amines) is 1. The Morgan fingerprint density at radius 1 is 1.56 bits per heavy atom. The Bertz CT molecular complexity index is 78.6. The summed E-state index contributed by atoms with van der Waals surface area (Å²) < 4.78 is 0. The first-order valence-electron chi connectivity index (χ1n) is 4.01. The molecule has 0 aromatic rings. The maximum atomic E-state index is 2.43. The highest BCUT2D eigenvalue weighted by Crippen LogP contribution is 2.18. The molecule has 54 valence electrons. The fraction of sp³-hybridized carbons (Fsp3) is 1.00. The van der Waals surface area contributed by atoms with Crippen molar-refractivity contribution in [1.29, 1.82) is 0 Å². The van der Waals surface area contributed by atoms with Crippen molar-refractivity contribution >= 4 is 0 Å². The van der Waals surface area contributed by atoms with Crippen molar-refractivity contribution < 1.29 is 0 Å². The Kier molecular flexibility index (Phi) is 2.52. The number of rotatable bonds is 2. The first-order chi connectivity index (χ1) is 4.33. The molecule has 0 N–H and O–H groups in total. The summed E-state index contributed by atoms with van der Waals surface area (Å²) in [6.45, 7) is 4.94. The Hall–Kier alpha value is -0.0400. The summed E-state index contributed by atoms with van der Waals surface area (Å²) in [6, 6.07) is 0. The summed E-state index contributed by atoms with van der Waals surface area (Å²) in [6.07, 6.45) is 4.23. The lowest BCUT2D eigenvalue weighted by atomic mass is 10.0. The highest BCUT2D eigenvalue weighted by atomic mass is 15.1. The first-order valence-corrected chi connectivity index (χ1v) is 4.01. The van der Waals surface area contributed by atoms with Gasteiger partial charge in [0.1, 0.15) is 0 Å². The van der Waals surface area contributed by atoms with E-state index in [9.17, 15) is 0 Å². The molecule has 0 amide bonds. The van der Waals surface area contributed by atoms with Crippen molar-refractivity contribution in [2.75, 3.05) is 20.1 Å². The predicted molar refractivity (Wildman–Crippen MR) is 40.5 cm³/mol. The Morgan fingerprint density at radius 2 is 2.33 bits per heavy atom. The van der Waals surface area contributed by atoms with Gasteiger partial charge in [-0.3, -0.25) is 0 Å². The van der Waals surface area contributed by atoms with Gasteiger partial charge in [0.15, 0.2) is 0 Å². The molecule has 0 bridgehead atoms. The van der Waals surface area contributed by atoms with Crippen LogP contribution in [0.5, 0.6) is 0 Å². The molecule has 1 aliphatic heterocycles. The van der Waals surface area contributed by atoms with E-state index in [1.54, 1.807) is 0 Å². The molecule has 0 saturated carbocycles. The van der Waals surface area contributed by atoms with Crippen LogP contribution >= 0.6 is 0 Å². The minimum Gasteiger partial charge on any atom is -0.306 e. The predicted octanol–water partition coefficient (Wildman–Crippen LogP) is 1.74. The van der Waals surface area contributed by atoms with Crippen LogP contribution in [0.1, 0.15) is 26.2 Å². The molecule has 0 aromatic carbocycles. The van der Waals surface area contributed by atoms with Crippen LogP contribution in [0.15, 0.2) is 0 Å². The molecule has 1 saturated heterocycles. The van der Waals surface area contributed by atoms with Crippen LogP contribution in [0, 0.1) is 5.92 Å². The van der Waals surface area contributed by atoms with Gasteiger partial charge in [-0.25, -0.2) is 0 Å². The standard InChI is InChI=1S/C8H17N/c1-3-4-8-5-6-9(2)7-8/h8H,3-7H2,1-2H3. The van der Waals surface area contributed by atoms with Crippen LogP contribution in [-0.4, -0.2) is 25.0 Å². The van der Waals surface area contributed by atoms with Crippen molar-refractivity contribution in [3.05, 3.63) is 0 Å². The lowest BCUT2D eigenvalue weighted by Crippen LogP contribution is -2.13. The number of hydrogen-bond donors (Lipinski definition) is 0. The van der Waals surface area contributed by atoms with E-state index in [2.05, 4.69) is 18.9 Å². The Morgan fingerprint density at radius 3 is 2.78 bits per heavy atom. The zero-order valence-electron chi connectivity index (χ0n) is 6.56. The van der Waals surface area contributed by atoms with Gasteiger partial charge in [0.05, 0.1) is 0 Å². The van der Waals surface area contributed by atoms with Crippen molar-refractivity contribution in [1.82, 2.24) is 4.90 Å². The smallest absolute Gasteiger partial charge is 0.000708 e. The maximum absolute atomic E-state index is 2.43. The average Bonchev–Trinajstić information content (AvgIpc) is 2.17. The van der Waals surface area contributed by atoms with Crippen molar-refractivity contribution in [2.45, 2.75) is 26.2 Å². The summed E-state index contributed by atoms with van der Waals surface area (Å²) in [5.41, 5.74) is 0. The van der Waals surface area contributed by atoms with Gasteiger partial charge in [-0.2, -0.15) is 0 Å². The molecular weight excluding hydrogens is 110 g/mol. The topological polar surface area (TPSA) is 3.24 Å². The number of hydrogen-bond acceptors (Lipinski definition) is 1. The van der Waals surface area contributed by atoms with Crippen LogP contribution in [0.25, 0.3) is 0 Å². The Labute approximate surface area is 58.0 Å². The van der Waals surface area contributed by atoms with E-state index in [-0.39, 0.29) is 0 Å². The monoisotopic (exact) mass is 127 g/mol. The second-order valence-electron chi connectivity index (χ2n) is 3.21. The van der Waals surface area contributed by atoms with E-state index < -0.39 is 0 Å². The first kappa shape index (κ1) is 7.07. The van der Waals surface area contributed by atoms with E-state index in [1.165, 1.54) is 32.4 Å². The zero-order chi connectivity index (χ0) is 6.69. The quantitative estimate of drug-likeness (QED) is 0.546. The fourth-order valence-electron chi connectivity index (χ4n) is 1.67. The van der Waals surface area contributed by atoms with Crippen LogP contribution in [0.4, 0.5) is 0 Å². The molecule has 1 aliphatic rings. The van der Waals surface area contributed by atoms with Gasteiger partial charge in [-0.05, 0) is 32.4 Å². The molecule has 1 heteroatoms. The molecular formula is C8H17N. The second-order valence-corrected chi connectivity index (χ2v) is 3.21.